The molecular weight excluding hydrogens is 246 g/mol. The third-order valence-corrected chi connectivity index (χ3v) is 4.00. The van der Waals surface area contributed by atoms with Gasteiger partial charge in [-0.3, -0.25) is 4.79 Å². The molecule has 1 rings (SSSR count). The molecule has 0 aliphatic heterocycles. The lowest BCUT2D eigenvalue weighted by atomic mass is 9.87. The second-order valence-electron chi connectivity index (χ2n) is 5.62. The van der Waals surface area contributed by atoms with Crippen LogP contribution in [0.2, 0.25) is 0 Å². The van der Waals surface area contributed by atoms with E-state index < -0.39 is 0 Å². The Labute approximate surface area is 123 Å². The Hall–Kier alpha value is -1.57. The fraction of sp³-hybridized carbons (Fsp3) is 0.500. The Morgan fingerprint density at radius 2 is 1.85 bits per heavy atom. The number of nitrogens with two attached hydrogens (primary N) is 1. The number of carbonyl (C=O) groups excluding carboxylic acids is 1. The van der Waals surface area contributed by atoms with Gasteiger partial charge in [0.15, 0.2) is 0 Å². The molecule has 0 aromatic heterocycles. The molecule has 1 amide bonds. The first-order valence-corrected chi connectivity index (χ1v) is 7.59. The van der Waals surface area contributed by atoms with Gasteiger partial charge in [0.1, 0.15) is 0 Å². The highest BCUT2D eigenvalue weighted by Gasteiger charge is 2.16. The highest BCUT2D eigenvalue weighted by molar-refractivity contribution is 5.91. The van der Waals surface area contributed by atoms with E-state index in [0.717, 1.165) is 32.1 Å². The molecule has 1 aromatic carbocycles. The normalized spacial score (nSPS) is 13.7. The van der Waals surface area contributed by atoms with Crippen molar-refractivity contribution >= 4 is 5.91 Å². The maximum atomic E-state index is 11.3. The van der Waals surface area contributed by atoms with Crippen molar-refractivity contribution in [2.45, 2.75) is 51.9 Å². The zero-order chi connectivity index (χ0) is 15.0. The maximum Gasteiger partial charge on any atom is 0.244 e. The average molecular weight is 273 g/mol. The molecule has 2 nitrogen and oxygen atoms in total. The maximum absolute atomic E-state index is 11.3. The molecule has 2 N–H and O–H groups in total. The molecule has 0 radical (unpaired) electrons. The second-order valence-corrected chi connectivity index (χ2v) is 5.62. The van der Waals surface area contributed by atoms with Crippen LogP contribution >= 0.6 is 0 Å². The van der Waals surface area contributed by atoms with Gasteiger partial charge in [-0.2, -0.15) is 0 Å². The summed E-state index contributed by atoms with van der Waals surface area (Å²) in [4.78, 5) is 11.3. The summed E-state index contributed by atoms with van der Waals surface area (Å²) in [6, 6.07) is 10.6. The number of benzene rings is 1. The topological polar surface area (TPSA) is 43.1 Å². The number of amides is 1. The van der Waals surface area contributed by atoms with Crippen LogP contribution in [0.4, 0.5) is 0 Å². The van der Waals surface area contributed by atoms with Crippen molar-refractivity contribution in [3.05, 3.63) is 48.0 Å². The van der Waals surface area contributed by atoms with Crippen LogP contribution in [0.5, 0.6) is 0 Å². The predicted octanol–water partition coefficient (Wildman–Crippen LogP) is 4.42. The van der Waals surface area contributed by atoms with E-state index in [2.05, 4.69) is 44.7 Å². The first-order chi connectivity index (χ1) is 9.56. The van der Waals surface area contributed by atoms with E-state index in [9.17, 15) is 4.79 Å². The molecule has 2 atom stereocenters. The SMILES string of the molecule is C=C(C(N)=O)C(CCC)CCCC(C)c1ccccc1. The van der Waals surface area contributed by atoms with E-state index in [4.69, 9.17) is 5.73 Å². The molecule has 0 saturated heterocycles. The fourth-order valence-electron chi connectivity index (χ4n) is 2.66. The van der Waals surface area contributed by atoms with Gasteiger partial charge in [-0.15, -0.1) is 0 Å². The zero-order valence-electron chi connectivity index (χ0n) is 12.8. The van der Waals surface area contributed by atoms with Crippen LogP contribution in [0.25, 0.3) is 0 Å². The minimum Gasteiger partial charge on any atom is -0.366 e. The summed E-state index contributed by atoms with van der Waals surface area (Å²) in [7, 11) is 0. The van der Waals surface area contributed by atoms with E-state index in [-0.39, 0.29) is 11.8 Å². The number of rotatable bonds is 9. The monoisotopic (exact) mass is 273 g/mol. The van der Waals surface area contributed by atoms with Gasteiger partial charge >= 0.3 is 0 Å². The first kappa shape index (κ1) is 16.5. The summed E-state index contributed by atoms with van der Waals surface area (Å²) in [6.07, 6.45) is 5.31. The van der Waals surface area contributed by atoms with Gasteiger partial charge < -0.3 is 5.73 Å². The van der Waals surface area contributed by atoms with Crippen LogP contribution in [0, 0.1) is 5.92 Å². The summed E-state index contributed by atoms with van der Waals surface area (Å²) >= 11 is 0. The minimum absolute atomic E-state index is 0.250. The molecule has 20 heavy (non-hydrogen) atoms. The standard InChI is InChI=1S/C18H27NO/c1-4-9-17(15(3)18(19)20)13-8-10-14(2)16-11-6-5-7-12-16/h5-7,11-12,14,17H,3-4,8-10,13H2,1-2H3,(H2,19,20). The van der Waals surface area contributed by atoms with E-state index in [1.807, 2.05) is 6.07 Å². The Morgan fingerprint density at radius 1 is 1.20 bits per heavy atom. The average Bonchev–Trinajstić information content (AvgIpc) is 2.46. The molecule has 0 aliphatic rings. The molecular formula is C18H27NO. The van der Waals surface area contributed by atoms with Crippen LogP contribution < -0.4 is 5.73 Å². The van der Waals surface area contributed by atoms with Crippen LogP contribution in [0.1, 0.15) is 57.4 Å². The lowest BCUT2D eigenvalue weighted by Gasteiger charge is -2.18. The van der Waals surface area contributed by atoms with Gasteiger partial charge in [0.25, 0.3) is 0 Å². The van der Waals surface area contributed by atoms with Crippen molar-refractivity contribution in [3.8, 4) is 0 Å². The zero-order valence-corrected chi connectivity index (χ0v) is 12.8. The Morgan fingerprint density at radius 3 is 2.40 bits per heavy atom. The van der Waals surface area contributed by atoms with Crippen molar-refractivity contribution in [3.63, 3.8) is 0 Å². The van der Waals surface area contributed by atoms with Gasteiger partial charge in [0, 0.05) is 5.57 Å². The van der Waals surface area contributed by atoms with Crippen molar-refractivity contribution in [1.82, 2.24) is 0 Å². The first-order valence-electron chi connectivity index (χ1n) is 7.59. The Kier molecular flexibility index (Phi) is 7.06. The minimum atomic E-state index is -0.348. The number of hydrogen-bond donors (Lipinski definition) is 1. The van der Waals surface area contributed by atoms with E-state index in [1.165, 1.54) is 5.56 Å². The second kappa shape index (κ2) is 8.57. The lowest BCUT2D eigenvalue weighted by molar-refractivity contribution is -0.115. The number of carbonyl (C=O) groups is 1. The third-order valence-electron chi connectivity index (χ3n) is 4.00. The molecule has 2 heteroatoms. The number of primary amides is 1. The summed E-state index contributed by atoms with van der Waals surface area (Å²) in [5.41, 5.74) is 7.33. The third kappa shape index (κ3) is 5.20. The van der Waals surface area contributed by atoms with Crippen LogP contribution in [0.15, 0.2) is 42.5 Å². The highest BCUT2D eigenvalue weighted by atomic mass is 16.1. The molecule has 0 saturated carbocycles. The van der Waals surface area contributed by atoms with Crippen molar-refractivity contribution in [2.75, 3.05) is 0 Å². The van der Waals surface area contributed by atoms with Gasteiger partial charge in [-0.05, 0) is 36.7 Å². The molecule has 1 aromatic rings. The predicted molar refractivity (Wildman–Crippen MR) is 85.4 cm³/mol. The molecule has 110 valence electrons. The summed E-state index contributed by atoms with van der Waals surface area (Å²) < 4.78 is 0. The van der Waals surface area contributed by atoms with Gasteiger partial charge in [-0.25, -0.2) is 0 Å². The summed E-state index contributed by atoms with van der Waals surface area (Å²) in [5, 5.41) is 0. The van der Waals surface area contributed by atoms with Crippen molar-refractivity contribution in [2.24, 2.45) is 11.7 Å². The summed E-state index contributed by atoms with van der Waals surface area (Å²) in [5.74, 6) is 0.459. The van der Waals surface area contributed by atoms with E-state index >= 15 is 0 Å². The van der Waals surface area contributed by atoms with Crippen molar-refractivity contribution in [1.29, 1.82) is 0 Å². The molecule has 0 aliphatic carbocycles. The van der Waals surface area contributed by atoms with Gasteiger partial charge in [0.05, 0.1) is 0 Å². The van der Waals surface area contributed by atoms with E-state index in [1.54, 1.807) is 0 Å². The smallest absolute Gasteiger partial charge is 0.244 e. The molecule has 0 spiro atoms. The number of hydrogen-bond acceptors (Lipinski definition) is 1. The molecule has 2 unspecified atom stereocenters. The van der Waals surface area contributed by atoms with Crippen LogP contribution in [-0.4, -0.2) is 5.91 Å². The fourth-order valence-corrected chi connectivity index (χ4v) is 2.66. The highest BCUT2D eigenvalue weighted by Crippen LogP contribution is 2.26. The van der Waals surface area contributed by atoms with Crippen LogP contribution in [-0.2, 0) is 4.79 Å². The summed E-state index contributed by atoms with van der Waals surface area (Å²) in [6.45, 7) is 8.24. The largest absolute Gasteiger partial charge is 0.366 e. The lowest BCUT2D eigenvalue weighted by Crippen LogP contribution is -2.20. The molecule has 0 fully saturated rings. The van der Waals surface area contributed by atoms with Gasteiger partial charge in [0.2, 0.25) is 5.91 Å². The van der Waals surface area contributed by atoms with Gasteiger partial charge in [-0.1, -0.05) is 63.6 Å². The Bertz CT molecular complexity index is 424. The van der Waals surface area contributed by atoms with Crippen LogP contribution in [0.3, 0.4) is 0 Å². The quantitative estimate of drug-likeness (QED) is 0.665. The Balaban J connectivity index is 2.44. The molecule has 0 heterocycles. The van der Waals surface area contributed by atoms with Crippen molar-refractivity contribution < 1.29 is 4.79 Å². The molecule has 0 bridgehead atoms. The van der Waals surface area contributed by atoms with E-state index in [0.29, 0.717) is 11.5 Å².